The number of ether oxygens (including phenoxy) is 3. The zero-order valence-electron chi connectivity index (χ0n) is 16.0. The second-order valence-corrected chi connectivity index (χ2v) is 7.18. The van der Waals surface area contributed by atoms with Crippen molar-refractivity contribution in [1.29, 1.82) is 0 Å². The molecular weight excluding hydrogens is 439 g/mol. The van der Waals surface area contributed by atoms with Crippen molar-refractivity contribution in [2.45, 2.75) is 20.0 Å². The van der Waals surface area contributed by atoms with Crippen LogP contribution in [0, 0.1) is 6.92 Å². The molecule has 3 rings (SSSR count). The molecule has 0 N–H and O–H groups in total. The summed E-state index contributed by atoms with van der Waals surface area (Å²) in [6, 6.07) is 10.1. The van der Waals surface area contributed by atoms with E-state index in [9.17, 15) is 13.6 Å². The molecule has 5 nitrogen and oxygen atoms in total. The molecule has 9 heteroatoms. The lowest BCUT2D eigenvalue weighted by molar-refractivity contribution is -0.142. The molecule has 0 unspecified atom stereocenters. The molecule has 30 heavy (non-hydrogen) atoms. The summed E-state index contributed by atoms with van der Waals surface area (Å²) < 4.78 is 41.0. The molecule has 3 aromatic rings. The summed E-state index contributed by atoms with van der Waals surface area (Å²) in [7, 11) is 1.25. The average molecular weight is 456 g/mol. The van der Waals surface area contributed by atoms with Crippen molar-refractivity contribution in [3.63, 3.8) is 0 Å². The van der Waals surface area contributed by atoms with Crippen molar-refractivity contribution in [3.05, 3.63) is 63.1 Å². The Labute approximate surface area is 181 Å². The number of carbonyl (C=O) groups is 1. The Bertz CT molecular complexity index is 1080. The van der Waals surface area contributed by atoms with Crippen molar-refractivity contribution < 1.29 is 27.8 Å². The van der Waals surface area contributed by atoms with Crippen LogP contribution in [0.2, 0.25) is 10.0 Å². The first-order valence-electron chi connectivity index (χ1n) is 8.80. The van der Waals surface area contributed by atoms with E-state index in [2.05, 4.69) is 9.72 Å². The van der Waals surface area contributed by atoms with Crippen molar-refractivity contribution in [2.75, 3.05) is 13.7 Å². The lowest BCUT2D eigenvalue weighted by Gasteiger charge is -2.18. The monoisotopic (exact) mass is 455 g/mol. The van der Waals surface area contributed by atoms with E-state index in [4.69, 9.17) is 32.7 Å². The normalized spacial score (nSPS) is 11.0. The van der Waals surface area contributed by atoms with Crippen LogP contribution < -0.4 is 9.47 Å². The summed E-state index contributed by atoms with van der Waals surface area (Å²) in [6.07, 6.45) is 0.261. The number of benzene rings is 2. The second-order valence-electron chi connectivity index (χ2n) is 6.34. The lowest BCUT2D eigenvalue weighted by Crippen LogP contribution is -2.13. The second kappa shape index (κ2) is 9.45. The van der Waals surface area contributed by atoms with Crippen molar-refractivity contribution in [1.82, 2.24) is 4.98 Å². The summed E-state index contributed by atoms with van der Waals surface area (Å²) in [4.78, 5) is 15.7. The van der Waals surface area contributed by atoms with E-state index in [0.29, 0.717) is 27.3 Å². The number of pyridine rings is 1. The summed E-state index contributed by atoms with van der Waals surface area (Å²) in [6.45, 7) is -1.65. The molecule has 0 saturated heterocycles. The minimum Gasteiger partial charge on any atom is -0.481 e. The Hall–Kier alpha value is -2.64. The molecule has 0 radical (unpaired) electrons. The number of aryl methyl sites for hydroxylation is 1. The van der Waals surface area contributed by atoms with Gasteiger partial charge in [0.25, 0.3) is 0 Å². The number of carbonyl (C=O) groups excluding carboxylic acids is 1. The van der Waals surface area contributed by atoms with Gasteiger partial charge in [-0.15, -0.1) is 0 Å². The highest BCUT2D eigenvalue weighted by Gasteiger charge is 2.21. The smallest absolute Gasteiger partial charge is 0.388 e. The molecule has 0 aliphatic carbocycles. The molecule has 1 aromatic heterocycles. The van der Waals surface area contributed by atoms with Gasteiger partial charge in [0.2, 0.25) is 5.88 Å². The molecule has 0 fully saturated rings. The van der Waals surface area contributed by atoms with E-state index in [1.165, 1.54) is 13.2 Å². The van der Waals surface area contributed by atoms with Crippen molar-refractivity contribution in [2.24, 2.45) is 0 Å². The molecular formula is C21H17Cl2F2NO4. The van der Waals surface area contributed by atoms with Gasteiger partial charge in [0.1, 0.15) is 5.75 Å². The fraction of sp³-hybridized carbons (Fsp3) is 0.238. The Kier molecular flexibility index (Phi) is 6.95. The summed E-state index contributed by atoms with van der Waals surface area (Å²) in [5.74, 6) is -0.467. The van der Waals surface area contributed by atoms with Crippen LogP contribution in [0.5, 0.6) is 11.6 Å². The lowest BCUT2D eigenvalue weighted by atomic mass is 9.98. The number of hydrogen-bond donors (Lipinski definition) is 0. The van der Waals surface area contributed by atoms with Crippen LogP contribution in [-0.4, -0.2) is 31.3 Å². The third-order valence-corrected chi connectivity index (χ3v) is 5.01. The van der Waals surface area contributed by atoms with Crippen LogP contribution in [0.4, 0.5) is 8.78 Å². The molecule has 0 aliphatic rings. The van der Waals surface area contributed by atoms with Crippen LogP contribution in [0.15, 0.2) is 36.4 Å². The van der Waals surface area contributed by atoms with Gasteiger partial charge in [-0.05, 0) is 42.3 Å². The Morgan fingerprint density at radius 3 is 2.47 bits per heavy atom. The van der Waals surface area contributed by atoms with Gasteiger partial charge in [-0.2, -0.15) is 8.78 Å². The van der Waals surface area contributed by atoms with Gasteiger partial charge in [-0.25, -0.2) is 9.78 Å². The van der Waals surface area contributed by atoms with Crippen LogP contribution in [0.25, 0.3) is 10.9 Å². The Balaban J connectivity index is 2.16. The maximum Gasteiger partial charge on any atom is 0.388 e. The van der Waals surface area contributed by atoms with Gasteiger partial charge in [0.05, 0.1) is 17.6 Å². The quantitative estimate of drug-likeness (QED) is 0.434. The molecule has 0 saturated carbocycles. The van der Waals surface area contributed by atoms with Crippen molar-refractivity contribution in [3.8, 4) is 11.6 Å². The minimum atomic E-state index is -3.06. The molecule has 0 bridgehead atoms. The number of nitrogens with zero attached hydrogens (tertiary/aromatic N) is 1. The largest absolute Gasteiger partial charge is 0.481 e. The minimum absolute atomic E-state index is 0.225. The highest BCUT2D eigenvalue weighted by Crippen LogP contribution is 2.38. The highest BCUT2D eigenvalue weighted by atomic mass is 35.5. The maximum atomic E-state index is 13.1. The van der Waals surface area contributed by atoms with Crippen molar-refractivity contribution >= 4 is 40.1 Å². The average Bonchev–Trinajstić information content (AvgIpc) is 2.71. The van der Waals surface area contributed by atoms with Gasteiger partial charge in [-0.1, -0.05) is 35.3 Å². The molecule has 0 spiro atoms. The van der Waals surface area contributed by atoms with Gasteiger partial charge in [0.15, 0.2) is 6.61 Å². The number of alkyl halides is 2. The predicted molar refractivity (Wildman–Crippen MR) is 110 cm³/mol. The standard InChI is InChI=1S/C21H17Cl2F2NO4/c1-11-14(9-12-3-5-13(22)6-4-12)20(30-21(24)25)26-19-15(23)7-8-16(18(11)19)29-10-17(27)28-2/h3-8,21H,9-10H2,1-2H3. The van der Waals surface area contributed by atoms with E-state index >= 15 is 0 Å². The third-order valence-electron chi connectivity index (χ3n) is 4.46. The van der Waals surface area contributed by atoms with E-state index in [0.717, 1.165) is 5.56 Å². The number of esters is 1. The predicted octanol–water partition coefficient (Wildman–Crippen LogP) is 5.59. The maximum absolute atomic E-state index is 13.1. The molecule has 158 valence electrons. The van der Waals surface area contributed by atoms with Gasteiger partial charge >= 0.3 is 12.6 Å². The SMILES string of the molecule is COC(=O)COc1ccc(Cl)c2nc(OC(F)F)c(Cc3ccc(Cl)cc3)c(C)c12. The number of aromatic nitrogens is 1. The third kappa shape index (κ3) is 4.91. The van der Waals surface area contributed by atoms with Gasteiger partial charge in [-0.3, -0.25) is 0 Å². The molecule has 2 aromatic carbocycles. The molecule has 0 atom stereocenters. The highest BCUT2D eigenvalue weighted by molar-refractivity contribution is 6.35. The van der Waals surface area contributed by atoms with Gasteiger partial charge in [0, 0.05) is 22.4 Å². The van der Waals surface area contributed by atoms with Gasteiger partial charge < -0.3 is 14.2 Å². The molecule has 0 aliphatic heterocycles. The Morgan fingerprint density at radius 1 is 1.13 bits per heavy atom. The topological polar surface area (TPSA) is 57.7 Å². The number of fused-ring (bicyclic) bond motifs is 1. The first kappa shape index (κ1) is 22.1. The summed E-state index contributed by atoms with van der Waals surface area (Å²) in [5, 5.41) is 1.29. The van der Waals surface area contributed by atoms with E-state index in [-0.39, 0.29) is 29.4 Å². The van der Waals surface area contributed by atoms with Crippen LogP contribution in [0.3, 0.4) is 0 Å². The summed E-state index contributed by atoms with van der Waals surface area (Å²) in [5.41, 5.74) is 2.08. The zero-order valence-corrected chi connectivity index (χ0v) is 17.6. The van der Waals surface area contributed by atoms with Crippen LogP contribution in [0.1, 0.15) is 16.7 Å². The first-order chi connectivity index (χ1) is 14.3. The Morgan fingerprint density at radius 2 is 1.83 bits per heavy atom. The van der Waals surface area contributed by atoms with Crippen LogP contribution in [-0.2, 0) is 16.0 Å². The fourth-order valence-corrected chi connectivity index (χ4v) is 3.34. The number of halogens is 4. The van der Waals surface area contributed by atoms with E-state index in [1.807, 2.05) is 0 Å². The fourth-order valence-electron chi connectivity index (χ4n) is 3.01. The van der Waals surface area contributed by atoms with E-state index in [1.54, 1.807) is 37.3 Å². The number of hydrogen-bond acceptors (Lipinski definition) is 5. The molecule has 0 amide bonds. The zero-order chi connectivity index (χ0) is 21.8. The number of rotatable bonds is 7. The van der Waals surface area contributed by atoms with Crippen LogP contribution >= 0.6 is 23.2 Å². The first-order valence-corrected chi connectivity index (χ1v) is 9.56. The number of methoxy groups -OCH3 is 1. The summed E-state index contributed by atoms with van der Waals surface area (Å²) >= 11 is 12.2. The molecule has 1 heterocycles. The van der Waals surface area contributed by atoms with E-state index < -0.39 is 12.6 Å².